The molecule has 2 aromatic heterocycles. The first-order chi connectivity index (χ1) is 9.16. The van der Waals surface area contributed by atoms with Crippen molar-refractivity contribution in [2.45, 2.75) is 19.9 Å². The Kier molecular flexibility index (Phi) is 4.42. The molecular weight excluding hydrogens is 280 g/mol. The van der Waals surface area contributed by atoms with E-state index in [2.05, 4.69) is 37.6 Å². The van der Waals surface area contributed by atoms with E-state index < -0.39 is 0 Å². The van der Waals surface area contributed by atoms with Gasteiger partial charge < -0.3 is 9.84 Å². The minimum Gasteiger partial charge on any atom is -0.332 e. The van der Waals surface area contributed by atoms with Gasteiger partial charge in [-0.3, -0.25) is 10.00 Å². The summed E-state index contributed by atoms with van der Waals surface area (Å²) in [5, 5.41) is 14.6. The summed E-state index contributed by atoms with van der Waals surface area (Å²) in [6.45, 7) is 6.78. The van der Waals surface area contributed by atoms with Crippen LogP contribution in [0.3, 0.4) is 0 Å². The summed E-state index contributed by atoms with van der Waals surface area (Å²) in [6.07, 6.45) is 0. The molecule has 1 fully saturated rings. The molecule has 0 amide bonds. The molecule has 3 rings (SSSR count). The van der Waals surface area contributed by atoms with Crippen LogP contribution in [-0.2, 0) is 0 Å². The van der Waals surface area contributed by atoms with Gasteiger partial charge in [-0.1, -0.05) is 5.16 Å². The number of H-pyrrole nitrogens is 1. The summed E-state index contributed by atoms with van der Waals surface area (Å²) in [7, 11) is 2.07. The minimum atomic E-state index is 0. The Morgan fingerprint density at radius 1 is 1.35 bits per heavy atom. The van der Waals surface area contributed by atoms with Gasteiger partial charge in [0.05, 0.1) is 6.04 Å². The zero-order chi connectivity index (χ0) is 13.4. The van der Waals surface area contributed by atoms with Gasteiger partial charge in [0.25, 0.3) is 5.89 Å². The van der Waals surface area contributed by atoms with E-state index in [0.717, 1.165) is 36.6 Å². The monoisotopic (exact) mass is 298 g/mol. The molecule has 110 valence electrons. The highest BCUT2D eigenvalue weighted by atomic mass is 35.5. The second kappa shape index (κ2) is 5.90. The summed E-state index contributed by atoms with van der Waals surface area (Å²) >= 11 is 0. The summed E-state index contributed by atoms with van der Waals surface area (Å²) in [5.74, 6) is 1.19. The smallest absolute Gasteiger partial charge is 0.278 e. The molecule has 1 aliphatic rings. The van der Waals surface area contributed by atoms with Crippen molar-refractivity contribution in [3.05, 3.63) is 17.1 Å². The third kappa shape index (κ3) is 2.56. The maximum absolute atomic E-state index is 5.35. The number of hydrogen-bond donors (Lipinski definition) is 2. The molecular formula is C12H19ClN6O. The number of nitrogens with one attached hydrogen (secondary N) is 2. The van der Waals surface area contributed by atoms with Crippen LogP contribution in [0.4, 0.5) is 0 Å². The van der Waals surface area contributed by atoms with Gasteiger partial charge in [0.15, 0.2) is 11.5 Å². The lowest BCUT2D eigenvalue weighted by atomic mass is 10.2. The van der Waals surface area contributed by atoms with Crippen LogP contribution in [0.25, 0.3) is 11.6 Å². The number of aromatic nitrogens is 4. The molecule has 3 heterocycles. The molecule has 1 aliphatic heterocycles. The van der Waals surface area contributed by atoms with Gasteiger partial charge >= 0.3 is 0 Å². The largest absolute Gasteiger partial charge is 0.332 e. The SMILES string of the molecule is Cc1[nH]nc(-c2nc(C3CNCCN3C)no2)c1C.Cl. The molecule has 1 atom stereocenters. The van der Waals surface area contributed by atoms with E-state index in [1.54, 1.807) is 0 Å². The van der Waals surface area contributed by atoms with E-state index in [0.29, 0.717) is 11.7 Å². The molecule has 0 aliphatic carbocycles. The van der Waals surface area contributed by atoms with Crippen LogP contribution in [0.5, 0.6) is 0 Å². The third-order valence-electron chi connectivity index (χ3n) is 3.71. The Hall–Kier alpha value is -1.44. The van der Waals surface area contributed by atoms with Crippen molar-refractivity contribution in [3.63, 3.8) is 0 Å². The maximum Gasteiger partial charge on any atom is 0.278 e. The lowest BCUT2D eigenvalue weighted by Crippen LogP contribution is -2.44. The highest BCUT2D eigenvalue weighted by Gasteiger charge is 2.26. The first-order valence-electron chi connectivity index (χ1n) is 6.43. The minimum absolute atomic E-state index is 0. The molecule has 0 bridgehead atoms. The third-order valence-corrected chi connectivity index (χ3v) is 3.71. The van der Waals surface area contributed by atoms with Gasteiger partial charge in [-0.25, -0.2) is 0 Å². The Labute approximate surface area is 123 Å². The summed E-state index contributed by atoms with van der Waals surface area (Å²) in [5.41, 5.74) is 2.80. The van der Waals surface area contributed by atoms with E-state index in [4.69, 9.17) is 4.52 Å². The fourth-order valence-corrected chi connectivity index (χ4v) is 2.25. The second-order valence-electron chi connectivity index (χ2n) is 4.98. The van der Waals surface area contributed by atoms with Crippen molar-refractivity contribution < 1.29 is 4.52 Å². The maximum atomic E-state index is 5.35. The number of aryl methyl sites for hydroxylation is 1. The predicted molar refractivity (Wildman–Crippen MR) is 76.8 cm³/mol. The number of rotatable bonds is 2. The summed E-state index contributed by atoms with van der Waals surface area (Å²) < 4.78 is 5.35. The van der Waals surface area contributed by atoms with E-state index in [1.165, 1.54) is 0 Å². The molecule has 2 aromatic rings. The zero-order valence-electron chi connectivity index (χ0n) is 11.8. The number of halogens is 1. The van der Waals surface area contributed by atoms with E-state index >= 15 is 0 Å². The molecule has 1 unspecified atom stereocenters. The van der Waals surface area contributed by atoms with E-state index in [1.807, 2.05) is 13.8 Å². The number of piperazine rings is 1. The zero-order valence-corrected chi connectivity index (χ0v) is 12.6. The second-order valence-corrected chi connectivity index (χ2v) is 4.98. The Balaban J connectivity index is 0.00000147. The van der Waals surface area contributed by atoms with Crippen molar-refractivity contribution in [1.82, 2.24) is 30.6 Å². The molecule has 20 heavy (non-hydrogen) atoms. The number of aromatic amines is 1. The van der Waals surface area contributed by atoms with Gasteiger partial charge in [0.2, 0.25) is 0 Å². The molecule has 7 nitrogen and oxygen atoms in total. The fraction of sp³-hybridized carbons (Fsp3) is 0.583. The fourth-order valence-electron chi connectivity index (χ4n) is 2.25. The van der Waals surface area contributed by atoms with Crippen molar-refractivity contribution in [3.8, 4) is 11.6 Å². The lowest BCUT2D eigenvalue weighted by Gasteiger charge is -2.30. The predicted octanol–water partition coefficient (Wildman–Crippen LogP) is 1.07. The molecule has 0 spiro atoms. The van der Waals surface area contributed by atoms with Crippen LogP contribution in [0.15, 0.2) is 4.52 Å². The summed E-state index contributed by atoms with van der Waals surface area (Å²) in [6, 6.07) is 0.159. The molecule has 0 saturated carbocycles. The molecule has 2 N–H and O–H groups in total. The Morgan fingerprint density at radius 2 is 2.15 bits per heavy atom. The lowest BCUT2D eigenvalue weighted by molar-refractivity contribution is 0.190. The molecule has 0 radical (unpaired) electrons. The van der Waals surface area contributed by atoms with Crippen LogP contribution < -0.4 is 5.32 Å². The number of likely N-dealkylation sites (N-methyl/N-ethyl adjacent to an activating group) is 1. The molecule has 0 aromatic carbocycles. The first-order valence-corrected chi connectivity index (χ1v) is 6.43. The van der Waals surface area contributed by atoms with Crippen LogP contribution in [-0.4, -0.2) is 51.9 Å². The standard InChI is InChI=1S/C12H18N6O.ClH/c1-7-8(2)15-16-10(7)12-14-11(17-19-12)9-6-13-4-5-18(9)3;/h9,13H,4-6H2,1-3H3,(H,15,16);1H. The average molecular weight is 299 g/mol. The molecule has 8 heteroatoms. The highest BCUT2D eigenvalue weighted by molar-refractivity contribution is 5.85. The van der Waals surface area contributed by atoms with Crippen molar-refractivity contribution in [2.75, 3.05) is 26.7 Å². The van der Waals surface area contributed by atoms with E-state index in [-0.39, 0.29) is 18.4 Å². The average Bonchev–Trinajstić information content (AvgIpc) is 2.99. The normalized spacial score (nSPS) is 19.9. The molecule has 1 saturated heterocycles. The van der Waals surface area contributed by atoms with Crippen LogP contribution in [0, 0.1) is 13.8 Å². The first kappa shape index (κ1) is 15.0. The van der Waals surface area contributed by atoms with E-state index in [9.17, 15) is 0 Å². The van der Waals surface area contributed by atoms with Crippen LogP contribution in [0.1, 0.15) is 23.1 Å². The van der Waals surface area contributed by atoms with Gasteiger partial charge in [0.1, 0.15) is 0 Å². The highest BCUT2D eigenvalue weighted by Crippen LogP contribution is 2.24. The topological polar surface area (TPSA) is 82.9 Å². The van der Waals surface area contributed by atoms with Gasteiger partial charge in [0, 0.05) is 30.9 Å². The van der Waals surface area contributed by atoms with Crippen LogP contribution in [0.2, 0.25) is 0 Å². The van der Waals surface area contributed by atoms with Crippen LogP contribution >= 0.6 is 12.4 Å². The Bertz CT molecular complexity index is 580. The van der Waals surface area contributed by atoms with Crippen molar-refractivity contribution in [2.24, 2.45) is 0 Å². The number of nitrogens with zero attached hydrogens (tertiary/aromatic N) is 4. The number of hydrogen-bond acceptors (Lipinski definition) is 6. The van der Waals surface area contributed by atoms with Gasteiger partial charge in [-0.2, -0.15) is 10.1 Å². The quantitative estimate of drug-likeness (QED) is 0.863. The summed E-state index contributed by atoms with van der Waals surface area (Å²) in [4.78, 5) is 6.72. The van der Waals surface area contributed by atoms with Crippen molar-refractivity contribution in [1.29, 1.82) is 0 Å². The van der Waals surface area contributed by atoms with Crippen molar-refractivity contribution >= 4 is 12.4 Å². The van der Waals surface area contributed by atoms with Gasteiger partial charge in [-0.15, -0.1) is 12.4 Å². The van der Waals surface area contributed by atoms with Gasteiger partial charge in [-0.05, 0) is 20.9 Å². The Morgan fingerprint density at radius 3 is 2.80 bits per heavy atom.